The zero-order chi connectivity index (χ0) is 13.2. The summed E-state index contributed by atoms with van der Waals surface area (Å²) in [6.07, 6.45) is 1.22. The van der Waals surface area contributed by atoms with Crippen LogP contribution in [0.25, 0.3) is 0 Å². The molecule has 0 radical (unpaired) electrons. The first-order valence-electron chi connectivity index (χ1n) is 6.28. The lowest BCUT2D eigenvalue weighted by molar-refractivity contribution is 0.612. The van der Waals surface area contributed by atoms with Gasteiger partial charge < -0.3 is 10.3 Å². The predicted octanol–water partition coefficient (Wildman–Crippen LogP) is 1.15. The average molecular weight is 259 g/mol. The van der Waals surface area contributed by atoms with E-state index in [0.29, 0.717) is 25.2 Å². The van der Waals surface area contributed by atoms with Crippen LogP contribution >= 0.6 is 0 Å². The summed E-state index contributed by atoms with van der Waals surface area (Å²) in [6.45, 7) is 1.45. The van der Waals surface area contributed by atoms with Gasteiger partial charge in [-0.3, -0.25) is 4.79 Å². The monoisotopic (exact) mass is 259 g/mol. The highest BCUT2D eigenvalue weighted by atomic mass is 19.1. The Kier molecular flexibility index (Phi) is 3.13. The minimum Gasteiger partial charge on any atom is -0.311 e. The lowest BCUT2D eigenvalue weighted by Gasteiger charge is -2.15. The molecule has 2 heterocycles. The quantitative estimate of drug-likeness (QED) is 0.850. The molecule has 3 rings (SSSR count). The molecular formula is C14H14FN3O. The van der Waals surface area contributed by atoms with Gasteiger partial charge in [-0.1, -0.05) is 12.1 Å². The van der Waals surface area contributed by atoms with E-state index in [-0.39, 0.29) is 11.4 Å². The fraction of sp³-hybridized carbons (Fsp3) is 0.286. The van der Waals surface area contributed by atoms with Gasteiger partial charge in [-0.25, -0.2) is 9.37 Å². The number of hydrogen-bond donors (Lipinski definition) is 2. The summed E-state index contributed by atoms with van der Waals surface area (Å²) in [6, 6.07) is 6.22. The molecule has 0 saturated carbocycles. The molecule has 2 aromatic rings. The van der Waals surface area contributed by atoms with E-state index in [4.69, 9.17) is 0 Å². The van der Waals surface area contributed by atoms with Gasteiger partial charge in [0.15, 0.2) is 0 Å². The molecule has 0 spiro atoms. The Morgan fingerprint density at radius 1 is 1.26 bits per heavy atom. The number of fused-ring (bicyclic) bond motifs is 1. The van der Waals surface area contributed by atoms with Crippen LogP contribution in [0.3, 0.4) is 0 Å². The molecule has 98 valence electrons. The van der Waals surface area contributed by atoms with Crippen LogP contribution in [-0.2, 0) is 19.4 Å². The Morgan fingerprint density at radius 3 is 2.84 bits per heavy atom. The number of aromatic amines is 1. The molecule has 0 fully saturated rings. The molecule has 0 amide bonds. The van der Waals surface area contributed by atoms with Crippen LogP contribution in [0.5, 0.6) is 0 Å². The van der Waals surface area contributed by atoms with Crippen molar-refractivity contribution in [3.8, 4) is 0 Å². The van der Waals surface area contributed by atoms with Gasteiger partial charge in [0.2, 0.25) is 0 Å². The fourth-order valence-corrected chi connectivity index (χ4v) is 2.30. The molecule has 0 unspecified atom stereocenters. The van der Waals surface area contributed by atoms with E-state index >= 15 is 0 Å². The smallest absolute Gasteiger partial charge is 0.254 e. The summed E-state index contributed by atoms with van der Waals surface area (Å²) in [5.41, 5.74) is 2.48. The van der Waals surface area contributed by atoms with Gasteiger partial charge in [0.1, 0.15) is 11.6 Å². The van der Waals surface area contributed by atoms with Crippen molar-refractivity contribution in [3.05, 3.63) is 63.1 Å². The zero-order valence-electron chi connectivity index (χ0n) is 10.4. The highest BCUT2D eigenvalue weighted by Gasteiger charge is 2.15. The van der Waals surface area contributed by atoms with Crippen molar-refractivity contribution in [2.75, 3.05) is 6.54 Å². The summed E-state index contributed by atoms with van der Waals surface area (Å²) < 4.78 is 12.8. The van der Waals surface area contributed by atoms with Gasteiger partial charge in [0.25, 0.3) is 5.56 Å². The molecule has 19 heavy (non-hydrogen) atoms. The number of aromatic nitrogens is 2. The van der Waals surface area contributed by atoms with Crippen molar-refractivity contribution in [2.45, 2.75) is 19.4 Å². The van der Waals surface area contributed by atoms with Crippen molar-refractivity contribution >= 4 is 0 Å². The summed E-state index contributed by atoms with van der Waals surface area (Å²) in [7, 11) is 0. The summed E-state index contributed by atoms with van der Waals surface area (Å²) in [4.78, 5) is 19.2. The second-order valence-corrected chi connectivity index (χ2v) is 4.67. The summed E-state index contributed by atoms with van der Waals surface area (Å²) >= 11 is 0. The highest BCUT2D eigenvalue weighted by molar-refractivity contribution is 5.24. The Hall–Kier alpha value is -2.01. The Morgan fingerprint density at radius 2 is 2.05 bits per heavy atom. The van der Waals surface area contributed by atoms with E-state index in [9.17, 15) is 9.18 Å². The molecule has 0 saturated heterocycles. The second kappa shape index (κ2) is 4.93. The van der Waals surface area contributed by atoms with Gasteiger partial charge in [-0.2, -0.15) is 0 Å². The minimum absolute atomic E-state index is 0.0522. The maximum atomic E-state index is 12.8. The van der Waals surface area contributed by atoms with Crippen molar-refractivity contribution in [2.24, 2.45) is 0 Å². The highest BCUT2D eigenvalue weighted by Crippen LogP contribution is 2.10. The molecule has 0 bridgehead atoms. The number of nitrogens with zero attached hydrogens (tertiary/aromatic N) is 1. The Bertz CT molecular complexity index is 649. The van der Waals surface area contributed by atoms with E-state index < -0.39 is 0 Å². The van der Waals surface area contributed by atoms with E-state index in [1.807, 2.05) is 0 Å². The van der Waals surface area contributed by atoms with E-state index in [1.54, 1.807) is 12.1 Å². The van der Waals surface area contributed by atoms with Crippen molar-refractivity contribution in [3.63, 3.8) is 0 Å². The number of nitrogens with one attached hydrogen (secondary N) is 2. The van der Waals surface area contributed by atoms with Gasteiger partial charge in [-0.05, 0) is 30.7 Å². The number of halogens is 1. The topological polar surface area (TPSA) is 57.8 Å². The summed E-state index contributed by atoms with van der Waals surface area (Å²) in [5.74, 6) is 0.360. The van der Waals surface area contributed by atoms with Crippen LogP contribution in [0, 0.1) is 5.82 Å². The Labute approximate surface area is 109 Å². The van der Waals surface area contributed by atoms with E-state index in [0.717, 1.165) is 23.4 Å². The maximum absolute atomic E-state index is 12.8. The third-order valence-corrected chi connectivity index (χ3v) is 3.28. The average Bonchev–Trinajstić information content (AvgIpc) is 2.42. The van der Waals surface area contributed by atoms with E-state index in [1.165, 1.54) is 12.1 Å². The third kappa shape index (κ3) is 2.56. The number of H-pyrrole nitrogens is 1. The van der Waals surface area contributed by atoms with Gasteiger partial charge >= 0.3 is 0 Å². The second-order valence-electron chi connectivity index (χ2n) is 4.67. The lowest BCUT2D eigenvalue weighted by atomic mass is 10.1. The largest absolute Gasteiger partial charge is 0.311 e. The molecule has 5 heteroatoms. The number of hydrogen-bond acceptors (Lipinski definition) is 3. The molecule has 1 aliphatic rings. The predicted molar refractivity (Wildman–Crippen MR) is 69.5 cm³/mol. The van der Waals surface area contributed by atoms with Crippen LogP contribution in [0.1, 0.15) is 22.6 Å². The molecule has 1 aromatic heterocycles. The number of rotatable bonds is 2. The van der Waals surface area contributed by atoms with Gasteiger partial charge in [0.05, 0.1) is 5.69 Å². The standard InChI is InChI=1S/C14H14FN3O/c15-10-3-1-9(2-4-10)7-13-17-12-8-16-6-5-11(12)14(19)18-13/h1-4,16H,5-8H2,(H,17,18,19). The zero-order valence-corrected chi connectivity index (χ0v) is 10.4. The molecular weight excluding hydrogens is 245 g/mol. The van der Waals surface area contributed by atoms with Crippen molar-refractivity contribution < 1.29 is 4.39 Å². The minimum atomic E-state index is -0.264. The first-order valence-corrected chi connectivity index (χ1v) is 6.28. The first-order chi connectivity index (χ1) is 9.22. The van der Waals surface area contributed by atoms with Crippen LogP contribution < -0.4 is 10.9 Å². The molecule has 1 aromatic carbocycles. The van der Waals surface area contributed by atoms with Crippen LogP contribution in [-0.4, -0.2) is 16.5 Å². The van der Waals surface area contributed by atoms with Gasteiger partial charge in [-0.15, -0.1) is 0 Å². The van der Waals surface area contributed by atoms with Crippen molar-refractivity contribution in [1.82, 2.24) is 15.3 Å². The van der Waals surface area contributed by atoms with Crippen LogP contribution in [0.4, 0.5) is 4.39 Å². The SMILES string of the molecule is O=c1[nH]c(Cc2ccc(F)cc2)nc2c1CCNC2. The van der Waals surface area contributed by atoms with Crippen molar-refractivity contribution in [1.29, 1.82) is 0 Å². The lowest BCUT2D eigenvalue weighted by Crippen LogP contribution is -2.31. The third-order valence-electron chi connectivity index (χ3n) is 3.28. The Balaban J connectivity index is 1.91. The maximum Gasteiger partial charge on any atom is 0.254 e. The molecule has 0 atom stereocenters. The fourth-order valence-electron chi connectivity index (χ4n) is 2.30. The van der Waals surface area contributed by atoms with E-state index in [2.05, 4.69) is 15.3 Å². The summed E-state index contributed by atoms with van der Waals surface area (Å²) in [5, 5.41) is 3.20. The molecule has 0 aliphatic carbocycles. The molecule has 4 nitrogen and oxygen atoms in total. The molecule has 2 N–H and O–H groups in total. The molecule has 1 aliphatic heterocycles. The normalized spacial score (nSPS) is 14.2. The van der Waals surface area contributed by atoms with Gasteiger partial charge in [0, 0.05) is 18.5 Å². The van der Waals surface area contributed by atoms with Crippen LogP contribution in [0.2, 0.25) is 0 Å². The van der Waals surface area contributed by atoms with Crippen LogP contribution in [0.15, 0.2) is 29.1 Å². The first kappa shape index (κ1) is 12.0. The number of benzene rings is 1.